The van der Waals surface area contributed by atoms with Gasteiger partial charge in [0.05, 0.1) is 22.8 Å². The lowest BCUT2D eigenvalue weighted by atomic mass is 10.1. The summed E-state index contributed by atoms with van der Waals surface area (Å²) in [5.41, 5.74) is 4.80. The Balaban J connectivity index is 1.79. The van der Waals surface area contributed by atoms with Gasteiger partial charge in [-0.25, -0.2) is 13.3 Å². The third kappa shape index (κ3) is 3.43. The van der Waals surface area contributed by atoms with Crippen LogP contribution in [0.1, 0.15) is 36.4 Å². The number of hydrogen-bond acceptors (Lipinski definition) is 6. The van der Waals surface area contributed by atoms with Gasteiger partial charge in [-0.15, -0.1) is 0 Å². The number of aromatic nitrogens is 1. The summed E-state index contributed by atoms with van der Waals surface area (Å²) in [6.45, 7) is 9.05. The number of fused-ring (bicyclic) bond motifs is 1. The van der Waals surface area contributed by atoms with Crippen LogP contribution in [-0.2, 0) is 14.6 Å². The number of nitrogens with one attached hydrogen (secondary N) is 1. The Morgan fingerprint density at radius 1 is 1.16 bits per heavy atom. The lowest BCUT2D eigenvalue weighted by molar-refractivity contribution is -0.114. The van der Waals surface area contributed by atoms with Gasteiger partial charge in [0.1, 0.15) is 5.84 Å². The van der Waals surface area contributed by atoms with Crippen LogP contribution in [0.25, 0.3) is 11.8 Å². The van der Waals surface area contributed by atoms with Crippen LogP contribution >= 0.6 is 11.9 Å². The minimum Gasteiger partial charge on any atom is -0.318 e. The minimum absolute atomic E-state index is 0.0212. The van der Waals surface area contributed by atoms with Crippen molar-refractivity contribution in [3.8, 4) is 5.69 Å². The van der Waals surface area contributed by atoms with Gasteiger partial charge in [0.15, 0.2) is 0 Å². The number of sulfone groups is 1. The zero-order valence-electron chi connectivity index (χ0n) is 18.4. The van der Waals surface area contributed by atoms with E-state index in [1.165, 1.54) is 0 Å². The van der Waals surface area contributed by atoms with Crippen molar-refractivity contribution in [2.45, 2.75) is 39.9 Å². The molecule has 1 amide bonds. The van der Waals surface area contributed by atoms with E-state index in [0.717, 1.165) is 45.0 Å². The number of amidine groups is 3. The fourth-order valence-electron chi connectivity index (χ4n) is 3.67. The number of carbonyl (C=O) groups is 1. The van der Waals surface area contributed by atoms with Crippen molar-refractivity contribution < 1.29 is 13.2 Å². The third-order valence-corrected chi connectivity index (χ3v) is 8.34. The number of nitrogens with zero attached hydrogens (tertiary/aromatic N) is 4. The molecule has 3 heterocycles. The summed E-state index contributed by atoms with van der Waals surface area (Å²) in [5.74, 6) is -0.832. The molecule has 0 aliphatic carbocycles. The molecule has 2 aromatic rings. The summed E-state index contributed by atoms with van der Waals surface area (Å²) in [5, 5.41) is 7.73. The molecule has 2 aliphatic rings. The van der Waals surface area contributed by atoms with Crippen molar-refractivity contribution in [3.63, 3.8) is 0 Å². The molecule has 0 fully saturated rings. The molecule has 4 rings (SSSR count). The summed E-state index contributed by atoms with van der Waals surface area (Å²) < 4.78 is 31.5. The van der Waals surface area contributed by atoms with E-state index in [9.17, 15) is 13.2 Å². The fraction of sp³-hybridized carbons (Fsp3) is 0.273. The number of aliphatic imine (C=N–C) groups is 1. The monoisotopic (exact) mass is 469 g/mol. The smallest absolute Gasteiger partial charge is 0.283 e. The molecule has 0 spiro atoms. The van der Waals surface area contributed by atoms with Crippen LogP contribution in [0.3, 0.4) is 0 Å². The van der Waals surface area contributed by atoms with Crippen molar-refractivity contribution in [1.82, 2.24) is 9.47 Å². The second-order valence-electron chi connectivity index (χ2n) is 7.95. The van der Waals surface area contributed by atoms with Gasteiger partial charge < -0.3 is 4.57 Å². The first-order valence-corrected chi connectivity index (χ1v) is 12.3. The highest BCUT2D eigenvalue weighted by atomic mass is 32.2. The first kappa shape index (κ1) is 22.2. The highest BCUT2D eigenvalue weighted by molar-refractivity contribution is 8.16. The predicted molar refractivity (Wildman–Crippen MR) is 129 cm³/mol. The predicted octanol–water partition coefficient (Wildman–Crippen LogP) is 3.80. The van der Waals surface area contributed by atoms with Gasteiger partial charge in [0.2, 0.25) is 20.2 Å². The first-order chi connectivity index (χ1) is 15.0. The second kappa shape index (κ2) is 7.86. The molecule has 0 bridgehead atoms. The third-order valence-electron chi connectivity index (χ3n) is 5.50. The Hall–Kier alpha value is -2.98. The Morgan fingerprint density at radius 3 is 2.50 bits per heavy atom. The molecule has 166 valence electrons. The molecule has 0 atom stereocenters. The Bertz CT molecular complexity index is 1360. The first-order valence-electron chi connectivity index (χ1n) is 10.0. The molecule has 0 radical (unpaired) electrons. The van der Waals surface area contributed by atoms with E-state index in [4.69, 9.17) is 5.41 Å². The van der Waals surface area contributed by atoms with Gasteiger partial charge in [-0.2, -0.15) is 9.39 Å². The number of carbonyl (C=O) groups excluding carboxylic acids is 1. The Morgan fingerprint density at radius 2 is 1.84 bits per heavy atom. The molecule has 32 heavy (non-hydrogen) atoms. The second-order valence-corrected chi connectivity index (χ2v) is 11.1. The lowest BCUT2D eigenvalue weighted by Gasteiger charge is -2.25. The Kier molecular flexibility index (Phi) is 5.46. The van der Waals surface area contributed by atoms with Crippen LogP contribution in [0, 0.1) is 26.2 Å². The van der Waals surface area contributed by atoms with E-state index < -0.39 is 21.0 Å². The van der Waals surface area contributed by atoms with Gasteiger partial charge in [0, 0.05) is 17.1 Å². The highest BCUT2D eigenvalue weighted by Gasteiger charge is 2.43. The average molecular weight is 470 g/mol. The van der Waals surface area contributed by atoms with Crippen LogP contribution in [-0.4, -0.2) is 45.2 Å². The number of aryl methyl sites for hydroxylation is 2. The molecule has 0 unspecified atom stereocenters. The SMILES string of the molecule is Cc1ccccc1-n1c(C)cc(/C=C2/C(=N)N3C(=NC2=O)SN=C3S(=O)(=O)C(C)C)c1C. The molecule has 1 aromatic heterocycles. The van der Waals surface area contributed by atoms with E-state index in [0.29, 0.717) is 0 Å². The molecule has 8 nitrogen and oxygen atoms in total. The molecule has 1 N–H and O–H groups in total. The molecular weight excluding hydrogens is 446 g/mol. The van der Waals surface area contributed by atoms with E-state index in [2.05, 4.69) is 14.0 Å². The number of amides is 1. The van der Waals surface area contributed by atoms with E-state index in [-0.39, 0.29) is 21.7 Å². The van der Waals surface area contributed by atoms with Crippen LogP contribution in [0.4, 0.5) is 0 Å². The lowest BCUT2D eigenvalue weighted by Crippen LogP contribution is -2.46. The number of rotatable bonds is 3. The van der Waals surface area contributed by atoms with Crippen molar-refractivity contribution in [3.05, 3.63) is 58.4 Å². The summed E-state index contributed by atoms with van der Waals surface area (Å²) >= 11 is 0.795. The van der Waals surface area contributed by atoms with Crippen LogP contribution in [0.15, 0.2) is 45.3 Å². The van der Waals surface area contributed by atoms with Gasteiger partial charge in [-0.1, -0.05) is 18.2 Å². The fourth-order valence-corrected chi connectivity index (χ4v) is 5.73. The quantitative estimate of drug-likeness (QED) is 0.543. The molecule has 0 saturated heterocycles. The zero-order valence-corrected chi connectivity index (χ0v) is 20.0. The normalized spacial score (nSPS) is 17.8. The van der Waals surface area contributed by atoms with Crippen LogP contribution in [0.2, 0.25) is 0 Å². The summed E-state index contributed by atoms with van der Waals surface area (Å²) in [4.78, 5) is 17.9. The van der Waals surface area contributed by atoms with Crippen molar-refractivity contribution in [2.24, 2.45) is 9.39 Å². The number of hydrogen-bond donors (Lipinski definition) is 1. The summed E-state index contributed by atoms with van der Waals surface area (Å²) in [6, 6.07) is 9.94. The summed E-state index contributed by atoms with van der Waals surface area (Å²) in [7, 11) is -3.75. The standard InChI is InChI=1S/C22H23N5O3S2/c1-12(2)32(29,30)22-25-31-21-24-20(28)17(19(23)27(21)22)11-16-10-14(4)26(15(16)5)18-9-7-6-8-13(18)3/h6-12,23H,1-5H3/b17-11-,23-19?. The van der Waals surface area contributed by atoms with Crippen molar-refractivity contribution in [2.75, 3.05) is 0 Å². The maximum atomic E-state index is 12.7. The van der Waals surface area contributed by atoms with Gasteiger partial charge in [-0.05, 0) is 64.0 Å². The number of benzene rings is 1. The average Bonchev–Trinajstić information content (AvgIpc) is 3.27. The van der Waals surface area contributed by atoms with Gasteiger partial charge in [0.25, 0.3) is 5.91 Å². The molecule has 2 aliphatic heterocycles. The largest absolute Gasteiger partial charge is 0.318 e. The maximum absolute atomic E-state index is 12.7. The van der Waals surface area contributed by atoms with Gasteiger partial charge >= 0.3 is 0 Å². The van der Waals surface area contributed by atoms with E-state index >= 15 is 0 Å². The summed E-state index contributed by atoms with van der Waals surface area (Å²) in [6.07, 6.45) is 1.60. The minimum atomic E-state index is -3.75. The van der Waals surface area contributed by atoms with Crippen molar-refractivity contribution >= 4 is 49.9 Å². The van der Waals surface area contributed by atoms with Crippen molar-refractivity contribution in [1.29, 1.82) is 5.41 Å². The maximum Gasteiger partial charge on any atom is 0.283 e. The number of para-hydroxylation sites is 1. The highest BCUT2D eigenvalue weighted by Crippen LogP contribution is 2.32. The van der Waals surface area contributed by atoms with Crippen LogP contribution in [0.5, 0.6) is 0 Å². The molecular formula is C22H23N5O3S2. The Labute approximate surface area is 191 Å². The van der Waals surface area contributed by atoms with Crippen LogP contribution < -0.4 is 0 Å². The van der Waals surface area contributed by atoms with E-state index in [1.807, 2.05) is 51.1 Å². The topological polar surface area (TPSA) is 108 Å². The van der Waals surface area contributed by atoms with E-state index in [1.54, 1.807) is 19.9 Å². The zero-order chi connectivity index (χ0) is 23.4. The molecule has 1 aromatic carbocycles. The molecule has 10 heteroatoms. The molecule has 0 saturated carbocycles. The van der Waals surface area contributed by atoms with Gasteiger partial charge in [-0.3, -0.25) is 10.2 Å².